The zero-order valence-electron chi connectivity index (χ0n) is 11.3. The Morgan fingerprint density at radius 2 is 2.21 bits per heavy atom. The molecule has 2 heterocycles. The highest BCUT2D eigenvalue weighted by Crippen LogP contribution is 2.29. The number of hydrogen-bond acceptors (Lipinski definition) is 4. The average molecular weight is 274 g/mol. The number of benzene rings is 1. The summed E-state index contributed by atoms with van der Waals surface area (Å²) in [6.45, 7) is 6.99. The van der Waals surface area contributed by atoms with Gasteiger partial charge in [0.25, 0.3) is 0 Å². The lowest BCUT2D eigenvalue weighted by Gasteiger charge is -2.29. The lowest BCUT2D eigenvalue weighted by atomic mass is 10.1. The molecule has 1 aromatic carbocycles. The van der Waals surface area contributed by atoms with Crippen LogP contribution in [-0.2, 0) is 13.1 Å². The predicted molar refractivity (Wildman–Crippen MR) is 77.4 cm³/mol. The van der Waals surface area contributed by atoms with Crippen LogP contribution in [0.15, 0.2) is 35.8 Å². The van der Waals surface area contributed by atoms with Gasteiger partial charge in [0.2, 0.25) is 0 Å². The van der Waals surface area contributed by atoms with Gasteiger partial charge in [-0.1, -0.05) is 18.2 Å². The molecule has 0 amide bonds. The number of thiazole rings is 1. The van der Waals surface area contributed by atoms with Gasteiger partial charge in [-0.05, 0) is 19.9 Å². The maximum Gasteiger partial charge on any atom is 0.124 e. The molecule has 1 aromatic heterocycles. The third kappa shape index (κ3) is 2.96. The van der Waals surface area contributed by atoms with Gasteiger partial charge in [-0.2, -0.15) is 0 Å². The quantitative estimate of drug-likeness (QED) is 0.840. The Morgan fingerprint density at radius 3 is 3.00 bits per heavy atom. The van der Waals surface area contributed by atoms with Crippen molar-refractivity contribution >= 4 is 11.3 Å². The molecule has 0 saturated heterocycles. The van der Waals surface area contributed by atoms with Crippen molar-refractivity contribution in [2.24, 2.45) is 0 Å². The lowest BCUT2D eigenvalue weighted by Crippen LogP contribution is -2.40. The first-order valence-electron chi connectivity index (χ1n) is 6.50. The Balaban J connectivity index is 1.86. The molecule has 3 rings (SSSR count). The molecule has 100 valence electrons. The molecular weight excluding hydrogens is 256 g/mol. The third-order valence-corrected chi connectivity index (χ3v) is 3.96. The van der Waals surface area contributed by atoms with E-state index < -0.39 is 0 Å². The van der Waals surface area contributed by atoms with Gasteiger partial charge < -0.3 is 4.74 Å². The van der Waals surface area contributed by atoms with Crippen molar-refractivity contribution in [3.63, 3.8) is 0 Å². The smallest absolute Gasteiger partial charge is 0.124 e. The van der Waals surface area contributed by atoms with Gasteiger partial charge in [0.05, 0.1) is 6.54 Å². The van der Waals surface area contributed by atoms with Gasteiger partial charge in [-0.15, -0.1) is 11.3 Å². The van der Waals surface area contributed by atoms with E-state index in [0.29, 0.717) is 0 Å². The molecule has 0 atom stereocenters. The highest BCUT2D eigenvalue weighted by atomic mass is 32.1. The van der Waals surface area contributed by atoms with Crippen LogP contribution in [0, 0.1) is 0 Å². The SMILES string of the molecule is CC1(C)CN(Cc2nccs2)Cc2ccccc2O1. The fraction of sp³-hybridized carbons (Fsp3) is 0.400. The van der Waals surface area contributed by atoms with Gasteiger partial charge in [-0.25, -0.2) is 4.98 Å². The first kappa shape index (κ1) is 12.6. The Bertz CT molecular complexity index is 551. The van der Waals surface area contributed by atoms with Crippen LogP contribution in [0.25, 0.3) is 0 Å². The fourth-order valence-corrected chi connectivity index (χ4v) is 3.19. The number of hydrogen-bond donors (Lipinski definition) is 0. The largest absolute Gasteiger partial charge is 0.486 e. The van der Waals surface area contributed by atoms with Crippen LogP contribution in [0.5, 0.6) is 5.75 Å². The van der Waals surface area contributed by atoms with Crippen molar-refractivity contribution < 1.29 is 4.74 Å². The molecular formula is C15H18N2OS. The van der Waals surface area contributed by atoms with Crippen LogP contribution in [0.1, 0.15) is 24.4 Å². The van der Waals surface area contributed by atoms with E-state index in [4.69, 9.17) is 4.74 Å². The standard InChI is InChI=1S/C15H18N2OS/c1-15(2)11-17(10-14-16-7-8-19-14)9-12-5-3-4-6-13(12)18-15/h3-8H,9-11H2,1-2H3. The molecule has 19 heavy (non-hydrogen) atoms. The van der Waals surface area contributed by atoms with Crippen molar-refractivity contribution in [3.05, 3.63) is 46.4 Å². The molecule has 0 aliphatic carbocycles. The number of fused-ring (bicyclic) bond motifs is 1. The van der Waals surface area contributed by atoms with Crippen molar-refractivity contribution in [2.75, 3.05) is 6.54 Å². The van der Waals surface area contributed by atoms with Crippen LogP contribution in [0.3, 0.4) is 0 Å². The molecule has 1 aliphatic rings. The van der Waals surface area contributed by atoms with E-state index in [0.717, 1.165) is 30.4 Å². The Kier molecular flexibility index (Phi) is 3.29. The minimum Gasteiger partial charge on any atom is -0.486 e. The van der Waals surface area contributed by atoms with E-state index in [2.05, 4.69) is 41.9 Å². The number of para-hydroxylation sites is 1. The molecule has 0 N–H and O–H groups in total. The summed E-state index contributed by atoms with van der Waals surface area (Å²) in [5, 5.41) is 3.19. The molecule has 0 fully saturated rings. The second-order valence-electron chi connectivity index (χ2n) is 5.54. The summed E-state index contributed by atoms with van der Waals surface area (Å²) in [5.41, 5.74) is 1.08. The molecule has 4 heteroatoms. The fourth-order valence-electron chi connectivity index (χ4n) is 2.53. The van der Waals surface area contributed by atoms with Crippen molar-refractivity contribution in [1.82, 2.24) is 9.88 Å². The van der Waals surface area contributed by atoms with Crippen molar-refractivity contribution in [2.45, 2.75) is 32.5 Å². The van der Waals surface area contributed by atoms with Crippen LogP contribution in [0.2, 0.25) is 0 Å². The highest BCUT2D eigenvalue weighted by molar-refractivity contribution is 7.09. The Labute approximate surface area is 117 Å². The van der Waals surface area contributed by atoms with Crippen LogP contribution in [0.4, 0.5) is 0 Å². The average Bonchev–Trinajstić information content (AvgIpc) is 2.78. The maximum atomic E-state index is 6.14. The first-order valence-corrected chi connectivity index (χ1v) is 7.38. The lowest BCUT2D eigenvalue weighted by molar-refractivity contribution is 0.0682. The Hall–Kier alpha value is -1.39. The van der Waals surface area contributed by atoms with Gasteiger partial charge in [0.15, 0.2) is 0 Å². The molecule has 1 aliphatic heterocycles. The van der Waals surface area contributed by atoms with Crippen molar-refractivity contribution in [1.29, 1.82) is 0 Å². The molecule has 0 bridgehead atoms. The van der Waals surface area contributed by atoms with Gasteiger partial charge in [0, 0.05) is 30.2 Å². The topological polar surface area (TPSA) is 25.4 Å². The zero-order valence-corrected chi connectivity index (χ0v) is 12.1. The van der Waals surface area contributed by atoms with Crippen LogP contribution >= 0.6 is 11.3 Å². The second-order valence-corrected chi connectivity index (χ2v) is 6.52. The number of nitrogens with zero attached hydrogens (tertiary/aromatic N) is 2. The third-order valence-electron chi connectivity index (χ3n) is 3.20. The summed E-state index contributed by atoms with van der Waals surface area (Å²) >= 11 is 1.71. The summed E-state index contributed by atoms with van der Waals surface area (Å²) in [6.07, 6.45) is 1.87. The second kappa shape index (κ2) is 4.94. The molecule has 0 spiro atoms. The van der Waals surface area contributed by atoms with E-state index in [1.807, 2.05) is 17.6 Å². The summed E-state index contributed by atoms with van der Waals surface area (Å²) in [7, 11) is 0. The maximum absolute atomic E-state index is 6.14. The molecule has 0 saturated carbocycles. The molecule has 0 radical (unpaired) electrons. The Morgan fingerprint density at radius 1 is 1.37 bits per heavy atom. The molecule has 2 aromatic rings. The van der Waals surface area contributed by atoms with Gasteiger partial charge in [-0.3, -0.25) is 4.90 Å². The predicted octanol–water partition coefficient (Wildman–Crippen LogP) is 3.32. The van der Waals surface area contributed by atoms with Gasteiger partial charge >= 0.3 is 0 Å². The normalized spacial score (nSPS) is 18.4. The van der Waals surface area contributed by atoms with E-state index in [1.54, 1.807) is 11.3 Å². The monoisotopic (exact) mass is 274 g/mol. The number of rotatable bonds is 2. The first-order chi connectivity index (χ1) is 9.12. The highest BCUT2D eigenvalue weighted by Gasteiger charge is 2.29. The minimum absolute atomic E-state index is 0.177. The van der Waals surface area contributed by atoms with Crippen LogP contribution < -0.4 is 4.74 Å². The van der Waals surface area contributed by atoms with Gasteiger partial charge in [0.1, 0.15) is 16.4 Å². The number of aromatic nitrogens is 1. The zero-order chi connectivity index (χ0) is 13.3. The van der Waals surface area contributed by atoms with Crippen molar-refractivity contribution in [3.8, 4) is 5.75 Å². The summed E-state index contributed by atoms with van der Waals surface area (Å²) in [4.78, 5) is 6.79. The van der Waals surface area contributed by atoms with Crippen LogP contribution in [-0.4, -0.2) is 22.0 Å². The summed E-state index contributed by atoms with van der Waals surface area (Å²) in [5.74, 6) is 1.01. The summed E-state index contributed by atoms with van der Waals surface area (Å²) < 4.78 is 6.14. The van der Waals surface area contributed by atoms with E-state index >= 15 is 0 Å². The minimum atomic E-state index is -0.177. The van der Waals surface area contributed by atoms with E-state index in [-0.39, 0.29) is 5.60 Å². The molecule has 0 unspecified atom stereocenters. The van der Waals surface area contributed by atoms with E-state index in [9.17, 15) is 0 Å². The van der Waals surface area contributed by atoms with E-state index in [1.165, 1.54) is 5.56 Å². The molecule has 3 nitrogen and oxygen atoms in total. The number of ether oxygens (including phenoxy) is 1. The summed E-state index contributed by atoms with van der Waals surface area (Å²) in [6, 6.07) is 8.31.